The van der Waals surface area contributed by atoms with Crippen LogP contribution in [-0.2, 0) is 0 Å². The van der Waals surface area contributed by atoms with E-state index in [1.807, 2.05) is 13.8 Å². The normalized spacial score (nSPS) is 30.4. The molecule has 2 N–H and O–H groups in total. The molecule has 96 valence electrons. The minimum Gasteiger partial charge on any atom is -0.389 e. The van der Waals surface area contributed by atoms with Crippen molar-refractivity contribution in [2.75, 3.05) is 20.6 Å². The van der Waals surface area contributed by atoms with Crippen molar-refractivity contribution in [3.63, 3.8) is 0 Å². The van der Waals surface area contributed by atoms with Gasteiger partial charge in [-0.05, 0) is 53.1 Å². The number of rotatable bonds is 5. The van der Waals surface area contributed by atoms with Gasteiger partial charge in [-0.3, -0.25) is 0 Å². The molecular formula is C13H28N2O. The first-order valence-corrected chi connectivity index (χ1v) is 6.58. The van der Waals surface area contributed by atoms with E-state index in [0.717, 1.165) is 13.0 Å². The quantitative estimate of drug-likeness (QED) is 0.750. The molecule has 0 saturated heterocycles. The van der Waals surface area contributed by atoms with Crippen LogP contribution in [0.3, 0.4) is 0 Å². The summed E-state index contributed by atoms with van der Waals surface area (Å²) in [4.78, 5) is 2.34. The predicted octanol–water partition coefficient (Wildman–Crippen LogP) is 1.61. The molecular weight excluding hydrogens is 200 g/mol. The van der Waals surface area contributed by atoms with Gasteiger partial charge in [0, 0.05) is 18.6 Å². The van der Waals surface area contributed by atoms with Crippen molar-refractivity contribution in [1.29, 1.82) is 0 Å². The van der Waals surface area contributed by atoms with E-state index in [-0.39, 0.29) is 0 Å². The lowest BCUT2D eigenvalue weighted by Crippen LogP contribution is -2.46. The minimum atomic E-state index is -0.533. The number of hydrogen-bond acceptors (Lipinski definition) is 3. The van der Waals surface area contributed by atoms with Gasteiger partial charge < -0.3 is 15.3 Å². The molecule has 1 aliphatic rings. The summed E-state index contributed by atoms with van der Waals surface area (Å²) >= 11 is 0. The van der Waals surface area contributed by atoms with Crippen LogP contribution in [0.1, 0.15) is 46.0 Å². The Morgan fingerprint density at radius 2 is 1.88 bits per heavy atom. The smallest absolute Gasteiger partial charge is 0.0743 e. The second-order valence-corrected chi connectivity index (χ2v) is 5.56. The van der Waals surface area contributed by atoms with Gasteiger partial charge in [0.25, 0.3) is 0 Å². The molecule has 3 nitrogen and oxygen atoms in total. The molecule has 0 aliphatic heterocycles. The molecule has 1 unspecified atom stereocenters. The molecule has 0 amide bonds. The van der Waals surface area contributed by atoms with Crippen LogP contribution in [0.25, 0.3) is 0 Å². The highest BCUT2D eigenvalue weighted by Gasteiger charge is 2.27. The lowest BCUT2D eigenvalue weighted by Gasteiger charge is -2.37. The van der Waals surface area contributed by atoms with Crippen molar-refractivity contribution in [2.45, 2.75) is 63.6 Å². The summed E-state index contributed by atoms with van der Waals surface area (Å²) < 4.78 is 0. The Morgan fingerprint density at radius 1 is 1.31 bits per heavy atom. The average Bonchev–Trinajstić information content (AvgIpc) is 2.28. The van der Waals surface area contributed by atoms with E-state index in [1.54, 1.807) is 0 Å². The molecule has 0 spiro atoms. The summed E-state index contributed by atoms with van der Waals surface area (Å²) in [6.07, 6.45) is 5.85. The zero-order valence-electron chi connectivity index (χ0n) is 11.3. The van der Waals surface area contributed by atoms with Crippen LogP contribution >= 0.6 is 0 Å². The van der Waals surface area contributed by atoms with Crippen LogP contribution in [0.5, 0.6) is 0 Å². The van der Waals surface area contributed by atoms with Crippen LogP contribution in [0.4, 0.5) is 0 Å². The zero-order chi connectivity index (χ0) is 12.2. The van der Waals surface area contributed by atoms with Crippen molar-refractivity contribution in [3.05, 3.63) is 0 Å². The molecule has 1 rings (SSSR count). The topological polar surface area (TPSA) is 35.5 Å². The molecule has 0 aromatic rings. The third kappa shape index (κ3) is 4.04. The Hall–Kier alpha value is -0.120. The molecule has 0 heterocycles. The van der Waals surface area contributed by atoms with Gasteiger partial charge in [-0.25, -0.2) is 0 Å². The first-order chi connectivity index (χ1) is 7.48. The fourth-order valence-corrected chi connectivity index (χ4v) is 2.58. The standard InChI is InChI=1S/C13H28N2O/c1-5-13(2,16)10-15(4)12-8-6-11(14-3)7-9-12/h11-12,14,16H,5-10H2,1-4H3. The van der Waals surface area contributed by atoms with E-state index in [2.05, 4.69) is 24.3 Å². The Bertz CT molecular complexity index is 198. The van der Waals surface area contributed by atoms with Gasteiger partial charge in [-0.1, -0.05) is 6.92 Å². The fraction of sp³-hybridized carbons (Fsp3) is 1.00. The summed E-state index contributed by atoms with van der Waals surface area (Å²) in [5, 5.41) is 13.4. The van der Waals surface area contributed by atoms with Gasteiger partial charge in [0.2, 0.25) is 0 Å². The minimum absolute atomic E-state index is 0.533. The molecule has 1 atom stereocenters. The Labute approximate surface area is 100 Å². The summed E-state index contributed by atoms with van der Waals surface area (Å²) in [5.41, 5.74) is -0.533. The summed E-state index contributed by atoms with van der Waals surface area (Å²) in [6, 6.07) is 1.36. The van der Waals surface area contributed by atoms with Gasteiger partial charge in [0.05, 0.1) is 5.60 Å². The lowest BCUT2D eigenvalue weighted by molar-refractivity contribution is 0.00619. The molecule has 1 saturated carbocycles. The molecule has 0 aromatic carbocycles. The van der Waals surface area contributed by atoms with Crippen LogP contribution in [0.2, 0.25) is 0 Å². The van der Waals surface area contributed by atoms with Gasteiger partial charge in [-0.15, -0.1) is 0 Å². The fourth-order valence-electron chi connectivity index (χ4n) is 2.58. The first-order valence-electron chi connectivity index (χ1n) is 6.58. The van der Waals surface area contributed by atoms with E-state index in [4.69, 9.17) is 0 Å². The molecule has 1 aliphatic carbocycles. The van der Waals surface area contributed by atoms with Crippen LogP contribution < -0.4 is 5.32 Å². The van der Waals surface area contributed by atoms with Crippen molar-refractivity contribution < 1.29 is 5.11 Å². The largest absolute Gasteiger partial charge is 0.389 e. The van der Waals surface area contributed by atoms with Gasteiger partial charge in [0.1, 0.15) is 0 Å². The first kappa shape index (κ1) is 13.9. The number of nitrogens with one attached hydrogen (secondary N) is 1. The van der Waals surface area contributed by atoms with E-state index in [1.165, 1.54) is 25.7 Å². The third-order valence-electron chi connectivity index (χ3n) is 4.08. The van der Waals surface area contributed by atoms with Gasteiger partial charge >= 0.3 is 0 Å². The third-order valence-corrected chi connectivity index (χ3v) is 4.08. The zero-order valence-corrected chi connectivity index (χ0v) is 11.3. The molecule has 0 radical (unpaired) electrons. The Morgan fingerprint density at radius 3 is 2.31 bits per heavy atom. The van der Waals surface area contributed by atoms with E-state index in [9.17, 15) is 5.11 Å². The highest BCUT2D eigenvalue weighted by Crippen LogP contribution is 2.23. The monoisotopic (exact) mass is 228 g/mol. The molecule has 1 fully saturated rings. The highest BCUT2D eigenvalue weighted by molar-refractivity contribution is 4.84. The van der Waals surface area contributed by atoms with Crippen molar-refractivity contribution >= 4 is 0 Å². The molecule has 3 heteroatoms. The lowest BCUT2D eigenvalue weighted by atomic mass is 9.89. The van der Waals surface area contributed by atoms with Crippen molar-refractivity contribution in [1.82, 2.24) is 10.2 Å². The van der Waals surface area contributed by atoms with Crippen LogP contribution in [0, 0.1) is 0 Å². The maximum absolute atomic E-state index is 10.1. The average molecular weight is 228 g/mol. The maximum Gasteiger partial charge on any atom is 0.0743 e. The van der Waals surface area contributed by atoms with Crippen molar-refractivity contribution in [3.8, 4) is 0 Å². The number of hydrogen-bond donors (Lipinski definition) is 2. The van der Waals surface area contributed by atoms with E-state index < -0.39 is 5.60 Å². The van der Waals surface area contributed by atoms with Crippen molar-refractivity contribution in [2.24, 2.45) is 0 Å². The van der Waals surface area contributed by atoms with E-state index in [0.29, 0.717) is 12.1 Å². The highest BCUT2D eigenvalue weighted by atomic mass is 16.3. The second kappa shape index (κ2) is 5.99. The molecule has 16 heavy (non-hydrogen) atoms. The number of likely N-dealkylation sites (N-methyl/N-ethyl adjacent to an activating group) is 1. The van der Waals surface area contributed by atoms with Crippen LogP contribution in [0.15, 0.2) is 0 Å². The van der Waals surface area contributed by atoms with Gasteiger partial charge in [0.15, 0.2) is 0 Å². The van der Waals surface area contributed by atoms with Crippen LogP contribution in [-0.4, -0.2) is 48.3 Å². The summed E-state index contributed by atoms with van der Waals surface area (Å²) in [5.74, 6) is 0. The summed E-state index contributed by atoms with van der Waals surface area (Å²) in [6.45, 7) is 4.77. The Balaban J connectivity index is 2.36. The summed E-state index contributed by atoms with van der Waals surface area (Å²) in [7, 11) is 4.20. The van der Waals surface area contributed by atoms with Gasteiger partial charge in [-0.2, -0.15) is 0 Å². The Kier molecular flexibility index (Phi) is 5.22. The molecule has 0 aromatic heterocycles. The van der Waals surface area contributed by atoms with E-state index >= 15 is 0 Å². The SMILES string of the molecule is CCC(C)(O)CN(C)C1CCC(NC)CC1. The number of aliphatic hydroxyl groups is 1. The second-order valence-electron chi connectivity index (χ2n) is 5.56. The number of nitrogens with zero attached hydrogens (tertiary/aromatic N) is 1. The maximum atomic E-state index is 10.1. The molecule has 0 bridgehead atoms. The predicted molar refractivity (Wildman–Crippen MR) is 68.6 cm³/mol.